The third kappa shape index (κ3) is 2.89. The molecule has 24 heavy (non-hydrogen) atoms. The molecule has 1 aliphatic rings. The molecule has 7 heteroatoms. The maximum Gasteiger partial charge on any atom is 0.326 e. The quantitative estimate of drug-likeness (QED) is 0.868. The van der Waals surface area contributed by atoms with Crippen LogP contribution in [0.4, 0.5) is 5.82 Å². The third-order valence-corrected chi connectivity index (χ3v) is 4.67. The fourth-order valence-electron chi connectivity index (χ4n) is 3.16. The van der Waals surface area contributed by atoms with Gasteiger partial charge in [-0.3, -0.25) is 9.36 Å². The molecule has 1 aliphatic heterocycles. The number of nitrogens with one attached hydrogen (secondary N) is 1. The largest absolute Gasteiger partial charge is 0.480 e. The van der Waals surface area contributed by atoms with Gasteiger partial charge in [0.15, 0.2) is 11.0 Å². The number of carboxylic acid groups (broad SMARTS) is 1. The maximum atomic E-state index is 12.7. The minimum atomic E-state index is -1.02. The number of benzene rings is 1. The highest BCUT2D eigenvalue weighted by Gasteiger charge is 2.38. The number of rotatable bonds is 5. The summed E-state index contributed by atoms with van der Waals surface area (Å²) < 4.78 is 1.29. The predicted molar refractivity (Wildman–Crippen MR) is 91.6 cm³/mol. The topological polar surface area (TPSA) is 84.2 Å². The first-order valence-corrected chi connectivity index (χ1v) is 8.23. The zero-order chi connectivity index (χ0) is 17.3. The van der Waals surface area contributed by atoms with E-state index in [0.717, 1.165) is 5.56 Å². The van der Waals surface area contributed by atoms with Crippen LogP contribution in [0.15, 0.2) is 35.1 Å². The van der Waals surface area contributed by atoms with Crippen LogP contribution < -0.4 is 10.9 Å². The molecular formula is C17H18ClN3O3. The summed E-state index contributed by atoms with van der Waals surface area (Å²) in [5, 5.41) is 12.6. The first kappa shape index (κ1) is 16.5. The van der Waals surface area contributed by atoms with Gasteiger partial charge in [0, 0.05) is 12.5 Å². The Morgan fingerprint density at radius 2 is 2.12 bits per heavy atom. The molecule has 0 bridgehead atoms. The molecule has 0 amide bonds. The van der Waals surface area contributed by atoms with Crippen LogP contribution in [-0.4, -0.2) is 20.6 Å². The molecule has 1 aromatic heterocycles. The van der Waals surface area contributed by atoms with Crippen LogP contribution in [0.25, 0.3) is 0 Å². The van der Waals surface area contributed by atoms with Gasteiger partial charge in [0.2, 0.25) is 0 Å². The molecule has 0 saturated carbocycles. The standard InChI is InChI=1S/C17H18ClN3O3/c1-2-11-8-12(17(23)24)21-13(11)14(18)20-15(16(21)22)19-9-10-6-4-3-5-7-10/h3-7,11-12H,2,8-9H2,1H3,(H,19,20)(H,23,24). The van der Waals surface area contributed by atoms with Crippen molar-refractivity contribution in [3.63, 3.8) is 0 Å². The summed E-state index contributed by atoms with van der Waals surface area (Å²) in [6, 6.07) is 8.67. The first-order chi connectivity index (χ1) is 11.5. The number of carboxylic acids is 1. The predicted octanol–water partition coefficient (Wildman–Crippen LogP) is 3.03. The van der Waals surface area contributed by atoms with Crippen molar-refractivity contribution in [2.45, 2.75) is 38.3 Å². The smallest absolute Gasteiger partial charge is 0.326 e. The number of aliphatic carboxylic acids is 1. The Hall–Kier alpha value is -2.34. The zero-order valence-electron chi connectivity index (χ0n) is 13.2. The molecule has 2 atom stereocenters. The van der Waals surface area contributed by atoms with Crippen molar-refractivity contribution in [3.05, 3.63) is 57.1 Å². The maximum absolute atomic E-state index is 12.7. The van der Waals surface area contributed by atoms with Gasteiger partial charge in [-0.15, -0.1) is 0 Å². The van der Waals surface area contributed by atoms with E-state index in [1.807, 2.05) is 37.3 Å². The van der Waals surface area contributed by atoms with Crippen LogP contribution in [0.5, 0.6) is 0 Å². The van der Waals surface area contributed by atoms with E-state index in [1.54, 1.807) is 0 Å². The Kier molecular flexibility index (Phi) is 4.57. The van der Waals surface area contributed by atoms with E-state index in [1.165, 1.54) is 4.57 Å². The van der Waals surface area contributed by atoms with Gasteiger partial charge in [0.05, 0.1) is 5.69 Å². The van der Waals surface area contributed by atoms with Gasteiger partial charge < -0.3 is 10.4 Å². The van der Waals surface area contributed by atoms with Gasteiger partial charge in [-0.25, -0.2) is 9.78 Å². The van der Waals surface area contributed by atoms with Crippen molar-refractivity contribution >= 4 is 23.4 Å². The van der Waals surface area contributed by atoms with E-state index in [4.69, 9.17) is 11.6 Å². The first-order valence-electron chi connectivity index (χ1n) is 7.85. The van der Waals surface area contributed by atoms with Gasteiger partial charge in [-0.1, -0.05) is 48.9 Å². The molecular weight excluding hydrogens is 330 g/mol. The second-order valence-electron chi connectivity index (χ2n) is 5.85. The van der Waals surface area contributed by atoms with Crippen LogP contribution in [-0.2, 0) is 11.3 Å². The Morgan fingerprint density at radius 1 is 1.42 bits per heavy atom. The SMILES string of the molecule is CCC1CC(C(=O)O)n2c1c(Cl)nc(NCc1ccccc1)c2=O. The summed E-state index contributed by atoms with van der Waals surface area (Å²) >= 11 is 6.27. The minimum Gasteiger partial charge on any atom is -0.480 e. The molecule has 2 unspecified atom stereocenters. The average Bonchev–Trinajstić information content (AvgIpc) is 2.98. The number of anilines is 1. The van der Waals surface area contributed by atoms with Crippen LogP contribution in [0, 0.1) is 0 Å². The van der Waals surface area contributed by atoms with Crippen LogP contribution >= 0.6 is 11.6 Å². The van der Waals surface area contributed by atoms with Crippen molar-refractivity contribution < 1.29 is 9.90 Å². The lowest BCUT2D eigenvalue weighted by Gasteiger charge is -2.14. The van der Waals surface area contributed by atoms with Crippen molar-refractivity contribution in [2.75, 3.05) is 5.32 Å². The monoisotopic (exact) mass is 347 g/mol. The van der Waals surface area contributed by atoms with Crippen molar-refractivity contribution in [1.29, 1.82) is 0 Å². The number of aromatic nitrogens is 2. The molecule has 2 heterocycles. The van der Waals surface area contributed by atoms with Gasteiger partial charge in [0.25, 0.3) is 5.56 Å². The second kappa shape index (κ2) is 6.65. The van der Waals surface area contributed by atoms with Crippen molar-refractivity contribution in [3.8, 4) is 0 Å². The Balaban J connectivity index is 1.99. The summed E-state index contributed by atoms with van der Waals surface area (Å²) in [6.07, 6.45) is 1.08. The Morgan fingerprint density at radius 3 is 2.75 bits per heavy atom. The molecule has 1 aromatic carbocycles. The molecule has 2 N–H and O–H groups in total. The molecule has 126 valence electrons. The summed E-state index contributed by atoms with van der Waals surface area (Å²) in [4.78, 5) is 28.4. The summed E-state index contributed by atoms with van der Waals surface area (Å²) in [7, 11) is 0. The van der Waals surface area contributed by atoms with E-state index in [2.05, 4.69) is 10.3 Å². The van der Waals surface area contributed by atoms with E-state index < -0.39 is 17.6 Å². The Bertz CT molecular complexity index is 820. The fourth-order valence-corrected chi connectivity index (χ4v) is 3.49. The highest BCUT2D eigenvalue weighted by atomic mass is 35.5. The van der Waals surface area contributed by atoms with E-state index in [-0.39, 0.29) is 16.9 Å². The normalized spacial score (nSPS) is 19.1. The molecule has 0 spiro atoms. The molecule has 3 rings (SSSR count). The minimum absolute atomic E-state index is 0.0676. The highest BCUT2D eigenvalue weighted by molar-refractivity contribution is 6.30. The van der Waals surface area contributed by atoms with Crippen molar-refractivity contribution in [2.24, 2.45) is 0 Å². The number of hydrogen-bond acceptors (Lipinski definition) is 4. The van der Waals surface area contributed by atoms with E-state index in [0.29, 0.717) is 25.1 Å². The number of halogens is 1. The number of fused-ring (bicyclic) bond motifs is 1. The summed E-state index contributed by atoms with van der Waals surface area (Å²) in [5.74, 6) is -1.01. The van der Waals surface area contributed by atoms with Crippen LogP contribution in [0.1, 0.15) is 43.0 Å². The molecule has 2 aromatic rings. The lowest BCUT2D eigenvalue weighted by molar-refractivity contribution is -0.140. The molecule has 0 fully saturated rings. The number of nitrogens with zero attached hydrogens (tertiary/aromatic N) is 2. The average molecular weight is 348 g/mol. The van der Waals surface area contributed by atoms with Crippen molar-refractivity contribution in [1.82, 2.24) is 9.55 Å². The Labute approximate surface area is 144 Å². The van der Waals surface area contributed by atoms with Gasteiger partial charge in [-0.05, 0) is 18.4 Å². The van der Waals surface area contributed by atoms with Crippen LogP contribution in [0.2, 0.25) is 5.15 Å². The van der Waals surface area contributed by atoms with E-state index >= 15 is 0 Å². The lowest BCUT2D eigenvalue weighted by Crippen LogP contribution is -2.30. The molecule has 6 nitrogen and oxygen atoms in total. The number of hydrogen-bond donors (Lipinski definition) is 2. The number of carbonyl (C=O) groups is 1. The molecule has 0 radical (unpaired) electrons. The second-order valence-corrected chi connectivity index (χ2v) is 6.20. The van der Waals surface area contributed by atoms with Gasteiger partial charge >= 0.3 is 5.97 Å². The van der Waals surface area contributed by atoms with E-state index in [9.17, 15) is 14.7 Å². The summed E-state index contributed by atoms with van der Waals surface area (Å²) in [5.41, 5.74) is 1.08. The lowest BCUT2D eigenvalue weighted by atomic mass is 9.99. The highest BCUT2D eigenvalue weighted by Crippen LogP contribution is 2.40. The summed E-state index contributed by atoms with van der Waals surface area (Å²) in [6.45, 7) is 2.36. The zero-order valence-corrected chi connectivity index (χ0v) is 14.0. The fraction of sp³-hybridized carbons (Fsp3) is 0.353. The van der Waals surface area contributed by atoms with Gasteiger partial charge in [-0.2, -0.15) is 0 Å². The molecule has 0 saturated heterocycles. The molecule has 0 aliphatic carbocycles. The third-order valence-electron chi connectivity index (χ3n) is 4.39. The van der Waals surface area contributed by atoms with Gasteiger partial charge in [0.1, 0.15) is 6.04 Å². The van der Waals surface area contributed by atoms with Crippen LogP contribution in [0.3, 0.4) is 0 Å².